The molecule has 0 unspecified atom stereocenters. The van der Waals surface area contributed by atoms with Crippen molar-refractivity contribution in [2.24, 2.45) is 0 Å². The molecule has 0 heterocycles. The molecule has 7 nitrogen and oxygen atoms in total. The zero-order valence-corrected chi connectivity index (χ0v) is 26.0. The van der Waals surface area contributed by atoms with E-state index in [0.29, 0.717) is 22.5 Å². The Morgan fingerprint density at radius 3 is 1.50 bits per heavy atom. The van der Waals surface area contributed by atoms with Gasteiger partial charge in [0, 0.05) is 16.7 Å². The molecule has 4 aromatic carbocycles. The summed E-state index contributed by atoms with van der Waals surface area (Å²) in [5.74, 6) is -0.378. The first-order chi connectivity index (χ1) is 20.9. The standard InChI is InChI=1S/C36H34O7S/c1-23(2)35(37)42-21-30-19-28(8-7-25(30)5)26-9-14-32(15-10-26)44(39,40)33-16-11-27(12-17-33)29-13-18-34(41-6)31(20-29)22-43-36(38)24(3)4/h7-20H,1,3,21-22H2,2,4-6H3. The van der Waals surface area contributed by atoms with Crippen LogP contribution in [0.4, 0.5) is 0 Å². The van der Waals surface area contributed by atoms with Gasteiger partial charge in [-0.05, 0) is 96.6 Å². The molecule has 0 aliphatic carbocycles. The van der Waals surface area contributed by atoms with Crippen molar-refractivity contribution in [3.63, 3.8) is 0 Å². The van der Waals surface area contributed by atoms with E-state index in [9.17, 15) is 18.0 Å². The van der Waals surface area contributed by atoms with E-state index >= 15 is 0 Å². The van der Waals surface area contributed by atoms with Crippen LogP contribution in [0, 0.1) is 6.92 Å². The van der Waals surface area contributed by atoms with Gasteiger partial charge in [0.15, 0.2) is 0 Å². The summed E-state index contributed by atoms with van der Waals surface area (Å²) in [6.07, 6.45) is 0. The summed E-state index contributed by atoms with van der Waals surface area (Å²) in [4.78, 5) is 24.0. The summed E-state index contributed by atoms with van der Waals surface area (Å²) in [7, 11) is -2.24. The normalized spacial score (nSPS) is 11.0. The van der Waals surface area contributed by atoms with E-state index in [4.69, 9.17) is 14.2 Å². The van der Waals surface area contributed by atoms with Crippen LogP contribution in [0.3, 0.4) is 0 Å². The Balaban J connectivity index is 1.52. The average molecular weight is 611 g/mol. The number of methoxy groups -OCH3 is 1. The number of rotatable bonds is 11. The van der Waals surface area contributed by atoms with E-state index in [1.807, 2.05) is 37.3 Å². The lowest BCUT2D eigenvalue weighted by Crippen LogP contribution is -2.06. The van der Waals surface area contributed by atoms with Crippen LogP contribution in [0.5, 0.6) is 5.75 Å². The molecule has 8 heteroatoms. The van der Waals surface area contributed by atoms with Crippen molar-refractivity contribution in [3.8, 4) is 28.0 Å². The maximum Gasteiger partial charge on any atom is 0.333 e. The van der Waals surface area contributed by atoms with Gasteiger partial charge in [0.1, 0.15) is 19.0 Å². The Bertz CT molecular complexity index is 1830. The predicted molar refractivity (Wildman–Crippen MR) is 170 cm³/mol. The summed E-state index contributed by atoms with van der Waals surface area (Å²) >= 11 is 0. The largest absolute Gasteiger partial charge is 0.496 e. The Hall–Kier alpha value is -4.95. The summed E-state index contributed by atoms with van der Waals surface area (Å²) in [5.41, 5.74) is 6.44. The number of aryl methyl sites for hydroxylation is 1. The Morgan fingerprint density at radius 1 is 0.636 bits per heavy atom. The van der Waals surface area contributed by atoms with Gasteiger partial charge < -0.3 is 14.2 Å². The minimum absolute atomic E-state index is 0.0114. The first-order valence-electron chi connectivity index (χ1n) is 13.8. The number of sulfone groups is 1. The van der Waals surface area contributed by atoms with Crippen LogP contribution >= 0.6 is 0 Å². The van der Waals surface area contributed by atoms with E-state index in [2.05, 4.69) is 13.2 Å². The summed E-state index contributed by atoms with van der Waals surface area (Å²) in [5, 5.41) is 0. The van der Waals surface area contributed by atoms with Gasteiger partial charge in [-0.15, -0.1) is 0 Å². The average Bonchev–Trinajstić information content (AvgIpc) is 3.02. The lowest BCUT2D eigenvalue weighted by Gasteiger charge is -2.12. The van der Waals surface area contributed by atoms with Crippen LogP contribution in [0.2, 0.25) is 0 Å². The number of esters is 2. The SMILES string of the molecule is C=C(C)C(=O)OCc1cc(-c2ccc(S(=O)(=O)c3ccc(-c4ccc(OC)c(COC(=O)C(=C)C)c4)cc3)cc2)ccc1C. The molecule has 0 saturated heterocycles. The molecular formula is C36H34O7S. The predicted octanol–water partition coefficient (Wildman–Crippen LogP) is 7.41. The molecule has 0 fully saturated rings. The van der Waals surface area contributed by atoms with E-state index in [0.717, 1.165) is 33.4 Å². The fourth-order valence-electron chi connectivity index (χ4n) is 4.40. The lowest BCUT2D eigenvalue weighted by molar-refractivity contribution is -0.141. The quantitative estimate of drug-likeness (QED) is 0.129. The van der Waals surface area contributed by atoms with E-state index < -0.39 is 21.8 Å². The van der Waals surface area contributed by atoms with E-state index in [-0.39, 0.29) is 23.0 Å². The highest BCUT2D eigenvalue weighted by Gasteiger charge is 2.18. The molecule has 0 amide bonds. The molecule has 4 rings (SSSR count). The first kappa shape index (κ1) is 32.0. The molecule has 0 aliphatic rings. The maximum absolute atomic E-state index is 13.4. The Labute approximate surface area is 258 Å². The van der Waals surface area contributed by atoms with Crippen molar-refractivity contribution in [2.75, 3.05) is 7.11 Å². The van der Waals surface area contributed by atoms with Crippen molar-refractivity contribution in [1.29, 1.82) is 0 Å². The van der Waals surface area contributed by atoms with E-state index in [1.165, 1.54) is 7.11 Å². The highest BCUT2D eigenvalue weighted by Crippen LogP contribution is 2.31. The number of hydrogen-bond donors (Lipinski definition) is 0. The van der Waals surface area contributed by atoms with E-state index in [1.54, 1.807) is 68.4 Å². The smallest absolute Gasteiger partial charge is 0.333 e. The van der Waals surface area contributed by atoms with Crippen molar-refractivity contribution in [2.45, 2.75) is 43.8 Å². The third-order valence-electron chi connectivity index (χ3n) is 7.04. The van der Waals surface area contributed by atoms with Crippen LogP contribution in [-0.4, -0.2) is 27.5 Å². The third-order valence-corrected chi connectivity index (χ3v) is 8.83. The summed E-state index contributed by atoms with van der Waals surface area (Å²) < 4.78 is 42.9. The van der Waals surface area contributed by atoms with Crippen LogP contribution in [0.25, 0.3) is 22.3 Å². The second-order valence-electron chi connectivity index (χ2n) is 10.4. The van der Waals surface area contributed by atoms with Gasteiger partial charge in [0.05, 0.1) is 16.9 Å². The fourth-order valence-corrected chi connectivity index (χ4v) is 5.66. The number of hydrogen-bond acceptors (Lipinski definition) is 7. The molecule has 0 atom stereocenters. The molecule has 4 aromatic rings. The van der Waals surface area contributed by atoms with Gasteiger partial charge in [-0.2, -0.15) is 0 Å². The van der Waals surface area contributed by atoms with Crippen molar-refractivity contribution >= 4 is 21.8 Å². The Kier molecular flexibility index (Phi) is 9.86. The highest BCUT2D eigenvalue weighted by atomic mass is 32.2. The zero-order valence-electron chi connectivity index (χ0n) is 25.2. The topological polar surface area (TPSA) is 96.0 Å². The molecular weight excluding hydrogens is 576 g/mol. The van der Waals surface area contributed by atoms with Crippen molar-refractivity contribution in [3.05, 3.63) is 126 Å². The molecule has 44 heavy (non-hydrogen) atoms. The molecule has 0 saturated carbocycles. The maximum atomic E-state index is 13.4. The molecule has 0 spiro atoms. The minimum atomic E-state index is -3.77. The molecule has 0 aromatic heterocycles. The number of carbonyl (C=O) groups is 2. The van der Waals surface area contributed by atoms with Crippen LogP contribution in [0.15, 0.2) is 119 Å². The van der Waals surface area contributed by atoms with Gasteiger partial charge in [-0.3, -0.25) is 0 Å². The van der Waals surface area contributed by atoms with Gasteiger partial charge >= 0.3 is 11.9 Å². The number of benzene rings is 4. The highest BCUT2D eigenvalue weighted by molar-refractivity contribution is 7.91. The van der Waals surface area contributed by atoms with Gasteiger partial charge in [0.25, 0.3) is 0 Å². The molecule has 0 bridgehead atoms. The second kappa shape index (κ2) is 13.6. The molecule has 0 radical (unpaired) electrons. The molecule has 226 valence electrons. The van der Waals surface area contributed by atoms with Crippen LogP contribution in [0.1, 0.15) is 30.5 Å². The lowest BCUT2D eigenvalue weighted by atomic mass is 10.0. The van der Waals surface area contributed by atoms with Crippen molar-refractivity contribution in [1.82, 2.24) is 0 Å². The zero-order chi connectivity index (χ0) is 32.0. The monoisotopic (exact) mass is 610 g/mol. The van der Waals surface area contributed by atoms with Crippen LogP contribution in [-0.2, 0) is 42.1 Å². The number of carbonyl (C=O) groups excluding carboxylic acids is 2. The molecule has 0 N–H and O–H groups in total. The summed E-state index contributed by atoms with van der Waals surface area (Å²) in [6.45, 7) is 12.4. The minimum Gasteiger partial charge on any atom is -0.496 e. The fraction of sp³-hybridized carbons (Fsp3) is 0.167. The second-order valence-corrected chi connectivity index (χ2v) is 12.4. The Morgan fingerprint density at radius 2 is 1.05 bits per heavy atom. The molecule has 0 aliphatic heterocycles. The first-order valence-corrected chi connectivity index (χ1v) is 15.3. The number of ether oxygens (including phenoxy) is 3. The van der Waals surface area contributed by atoms with Crippen LogP contribution < -0.4 is 4.74 Å². The van der Waals surface area contributed by atoms with Gasteiger partial charge in [0.2, 0.25) is 9.84 Å². The third kappa shape index (κ3) is 7.33. The van der Waals surface area contributed by atoms with Gasteiger partial charge in [-0.1, -0.05) is 55.6 Å². The van der Waals surface area contributed by atoms with Crippen molar-refractivity contribution < 1.29 is 32.2 Å². The van der Waals surface area contributed by atoms with Gasteiger partial charge in [-0.25, -0.2) is 18.0 Å². The summed E-state index contributed by atoms with van der Waals surface area (Å²) in [6, 6.07) is 24.6.